The van der Waals surface area contributed by atoms with Crippen molar-refractivity contribution in [3.05, 3.63) is 40.8 Å². The first kappa shape index (κ1) is 18.7. The minimum atomic E-state index is -0.615. The molecule has 0 saturated heterocycles. The van der Waals surface area contributed by atoms with Gasteiger partial charge in [-0.15, -0.1) is 0 Å². The van der Waals surface area contributed by atoms with Gasteiger partial charge in [-0.3, -0.25) is 9.59 Å². The Morgan fingerprint density at radius 1 is 1.08 bits per heavy atom. The van der Waals surface area contributed by atoms with Gasteiger partial charge in [0.2, 0.25) is 11.8 Å². The molecule has 2 amide bonds. The average molecular weight is 344 g/mol. The molecule has 1 aromatic heterocycles. The third-order valence-electron chi connectivity index (χ3n) is 3.75. The SMILES string of the molecule is CC(C)CC(=O)NC(C(=O)Nc1ccc2oc(=O)ccc2c1)C(C)C. The second kappa shape index (κ2) is 7.96. The van der Waals surface area contributed by atoms with Gasteiger partial charge in [-0.05, 0) is 36.1 Å². The summed E-state index contributed by atoms with van der Waals surface area (Å²) < 4.78 is 5.07. The number of carbonyl (C=O) groups excluding carboxylic acids is 2. The second-order valence-corrected chi connectivity index (χ2v) is 6.88. The van der Waals surface area contributed by atoms with E-state index in [2.05, 4.69) is 10.6 Å². The summed E-state index contributed by atoms with van der Waals surface area (Å²) in [6.45, 7) is 7.68. The molecule has 1 aromatic carbocycles. The lowest BCUT2D eigenvalue weighted by atomic mass is 10.0. The molecule has 0 saturated carbocycles. The summed E-state index contributed by atoms with van der Waals surface area (Å²) >= 11 is 0. The molecular formula is C19H24N2O4. The van der Waals surface area contributed by atoms with Gasteiger partial charge in [-0.25, -0.2) is 4.79 Å². The molecule has 1 unspecified atom stereocenters. The van der Waals surface area contributed by atoms with Gasteiger partial charge >= 0.3 is 5.63 Å². The van der Waals surface area contributed by atoms with Gasteiger partial charge in [0, 0.05) is 23.6 Å². The van der Waals surface area contributed by atoms with E-state index in [0.29, 0.717) is 23.1 Å². The summed E-state index contributed by atoms with van der Waals surface area (Å²) in [7, 11) is 0. The van der Waals surface area contributed by atoms with Gasteiger partial charge in [0.1, 0.15) is 11.6 Å². The predicted octanol–water partition coefficient (Wildman–Crippen LogP) is 2.92. The van der Waals surface area contributed by atoms with Crippen LogP contribution in [0, 0.1) is 11.8 Å². The number of benzene rings is 1. The van der Waals surface area contributed by atoms with E-state index in [1.165, 1.54) is 6.07 Å². The van der Waals surface area contributed by atoms with E-state index in [9.17, 15) is 14.4 Å². The highest BCUT2D eigenvalue weighted by atomic mass is 16.4. The first-order valence-electron chi connectivity index (χ1n) is 8.40. The normalized spacial score (nSPS) is 12.4. The summed E-state index contributed by atoms with van der Waals surface area (Å²) in [5.74, 6) is -0.228. The smallest absolute Gasteiger partial charge is 0.336 e. The molecule has 0 aliphatic rings. The van der Waals surface area contributed by atoms with Crippen LogP contribution in [-0.4, -0.2) is 17.9 Å². The van der Waals surface area contributed by atoms with Crippen molar-refractivity contribution in [3.8, 4) is 0 Å². The van der Waals surface area contributed by atoms with Crippen molar-refractivity contribution >= 4 is 28.5 Å². The summed E-state index contributed by atoms with van der Waals surface area (Å²) in [6.07, 6.45) is 0.380. The van der Waals surface area contributed by atoms with Crippen molar-refractivity contribution in [2.75, 3.05) is 5.32 Å². The Morgan fingerprint density at radius 3 is 2.44 bits per heavy atom. The molecule has 6 heteroatoms. The lowest BCUT2D eigenvalue weighted by Crippen LogP contribution is -2.47. The fourth-order valence-corrected chi connectivity index (χ4v) is 2.51. The zero-order valence-corrected chi connectivity index (χ0v) is 15.0. The van der Waals surface area contributed by atoms with Crippen molar-refractivity contribution in [1.82, 2.24) is 5.32 Å². The summed E-state index contributed by atoms with van der Waals surface area (Å²) in [4.78, 5) is 35.8. The lowest BCUT2D eigenvalue weighted by Gasteiger charge is -2.22. The molecule has 0 aliphatic heterocycles. The molecule has 2 aromatic rings. The van der Waals surface area contributed by atoms with Crippen molar-refractivity contribution in [1.29, 1.82) is 0 Å². The zero-order chi connectivity index (χ0) is 18.6. The number of hydrogen-bond acceptors (Lipinski definition) is 4. The largest absolute Gasteiger partial charge is 0.423 e. The molecule has 0 spiro atoms. The quantitative estimate of drug-likeness (QED) is 0.789. The number of anilines is 1. The third-order valence-corrected chi connectivity index (χ3v) is 3.75. The fraction of sp³-hybridized carbons (Fsp3) is 0.421. The van der Waals surface area contributed by atoms with Crippen LogP contribution in [0.3, 0.4) is 0 Å². The van der Waals surface area contributed by atoms with Crippen LogP contribution in [0.25, 0.3) is 11.0 Å². The molecule has 25 heavy (non-hydrogen) atoms. The summed E-state index contributed by atoms with van der Waals surface area (Å²) in [5, 5.41) is 6.33. The maximum atomic E-state index is 12.6. The van der Waals surface area contributed by atoms with Gasteiger partial charge < -0.3 is 15.1 Å². The maximum Gasteiger partial charge on any atom is 0.336 e. The van der Waals surface area contributed by atoms with E-state index in [1.54, 1.807) is 24.3 Å². The molecule has 6 nitrogen and oxygen atoms in total. The van der Waals surface area contributed by atoms with Crippen LogP contribution >= 0.6 is 0 Å². The Hall–Kier alpha value is -2.63. The molecule has 2 N–H and O–H groups in total. The number of amides is 2. The topological polar surface area (TPSA) is 88.4 Å². The van der Waals surface area contributed by atoms with Crippen LogP contribution < -0.4 is 16.3 Å². The molecule has 0 radical (unpaired) electrons. The number of fused-ring (bicyclic) bond motifs is 1. The number of rotatable bonds is 6. The van der Waals surface area contributed by atoms with Crippen molar-refractivity contribution in [2.45, 2.75) is 40.2 Å². The molecule has 1 atom stereocenters. The Bertz CT molecular complexity index is 824. The van der Waals surface area contributed by atoms with Crippen LogP contribution in [0.2, 0.25) is 0 Å². The Kier molecular flexibility index (Phi) is 5.96. The molecular weight excluding hydrogens is 320 g/mol. The highest BCUT2D eigenvalue weighted by molar-refractivity contribution is 5.98. The molecule has 2 rings (SSSR count). The predicted molar refractivity (Wildman–Crippen MR) is 97.3 cm³/mol. The molecule has 134 valence electrons. The third kappa shape index (κ3) is 5.17. The van der Waals surface area contributed by atoms with E-state index in [-0.39, 0.29) is 23.7 Å². The van der Waals surface area contributed by atoms with E-state index in [0.717, 1.165) is 0 Å². The van der Waals surface area contributed by atoms with Crippen LogP contribution in [0.15, 0.2) is 39.5 Å². The van der Waals surface area contributed by atoms with Crippen LogP contribution in [0.1, 0.15) is 34.1 Å². The van der Waals surface area contributed by atoms with E-state index >= 15 is 0 Å². The van der Waals surface area contributed by atoms with E-state index in [4.69, 9.17) is 4.42 Å². The van der Waals surface area contributed by atoms with Gasteiger partial charge in [0.25, 0.3) is 0 Å². The van der Waals surface area contributed by atoms with Crippen LogP contribution in [-0.2, 0) is 9.59 Å². The van der Waals surface area contributed by atoms with Gasteiger partial charge in [-0.1, -0.05) is 27.7 Å². The zero-order valence-electron chi connectivity index (χ0n) is 15.0. The monoisotopic (exact) mass is 344 g/mol. The highest BCUT2D eigenvalue weighted by Gasteiger charge is 2.24. The van der Waals surface area contributed by atoms with E-state index in [1.807, 2.05) is 27.7 Å². The average Bonchev–Trinajstić information content (AvgIpc) is 2.51. The molecule has 0 aliphatic carbocycles. The lowest BCUT2D eigenvalue weighted by molar-refractivity contribution is -0.127. The van der Waals surface area contributed by atoms with Crippen LogP contribution in [0.5, 0.6) is 0 Å². The van der Waals surface area contributed by atoms with Gasteiger partial charge in [-0.2, -0.15) is 0 Å². The first-order valence-corrected chi connectivity index (χ1v) is 8.40. The summed E-state index contributed by atoms with van der Waals surface area (Å²) in [5.41, 5.74) is 0.614. The minimum absolute atomic E-state index is 0.0467. The minimum Gasteiger partial charge on any atom is -0.423 e. The van der Waals surface area contributed by atoms with Crippen molar-refractivity contribution < 1.29 is 14.0 Å². The standard InChI is InChI=1S/C19H24N2O4/c1-11(2)9-16(22)21-18(12(3)4)19(24)20-14-6-7-15-13(10-14)5-8-17(23)25-15/h5-8,10-12,18H,9H2,1-4H3,(H,20,24)(H,21,22). The summed E-state index contributed by atoms with van der Waals surface area (Å²) in [6, 6.07) is 7.38. The van der Waals surface area contributed by atoms with E-state index < -0.39 is 11.7 Å². The molecule has 1 heterocycles. The Morgan fingerprint density at radius 2 is 1.80 bits per heavy atom. The number of nitrogens with one attached hydrogen (secondary N) is 2. The molecule has 0 fully saturated rings. The molecule has 0 bridgehead atoms. The number of carbonyl (C=O) groups is 2. The number of hydrogen-bond donors (Lipinski definition) is 2. The highest BCUT2D eigenvalue weighted by Crippen LogP contribution is 2.18. The Balaban J connectivity index is 2.13. The Labute approximate surface area is 146 Å². The van der Waals surface area contributed by atoms with Gasteiger partial charge in [0.05, 0.1) is 0 Å². The fourth-order valence-electron chi connectivity index (χ4n) is 2.51. The van der Waals surface area contributed by atoms with Crippen molar-refractivity contribution in [2.24, 2.45) is 11.8 Å². The van der Waals surface area contributed by atoms with Crippen molar-refractivity contribution in [3.63, 3.8) is 0 Å². The first-order chi connectivity index (χ1) is 11.8. The van der Waals surface area contributed by atoms with Crippen LogP contribution in [0.4, 0.5) is 5.69 Å². The second-order valence-electron chi connectivity index (χ2n) is 6.88. The van der Waals surface area contributed by atoms with Gasteiger partial charge in [0.15, 0.2) is 0 Å². The maximum absolute atomic E-state index is 12.6.